The summed E-state index contributed by atoms with van der Waals surface area (Å²) < 4.78 is 96.3. The highest BCUT2D eigenvalue weighted by atomic mass is 79.9. The van der Waals surface area contributed by atoms with Crippen LogP contribution in [0.2, 0.25) is 0 Å². The fraction of sp³-hybridized carbons (Fsp3) is 0.492. The Kier molecular flexibility index (Phi) is 24.1. The standard InChI is InChI=1S/C30H38N2O6.C29H36BrN2O2S2.2C2HF3O2/c1-21-16-28(37-23(21)3)19-31(18-27-9-8-22(2)36-27)30(34)38-29-20-32(13-10-24(29)11-14-32)12-5-15-35-26-7-4-6-25(33)17-26;1-21-12-16-35-28(21)19-31(18-25-17-26(30)22(2)36-25)29(33)34-27-20-32(14-10-24(27)11-15-32)13-6-9-23-7-4-3-5-8-23;2*3-2(4,5)1(6)7/h4,6-9,16-17,24,29H,5,10-15,18-20H2,1-3H3;3-5,7-8,12,16-17,24,27H,6,9-11,13-15,18-20H2,1-2H3;2*(H,6,7)/q;+1;;/p-1/t24?,29-,32?;24?,27-,32?;;/m00../s1. The number of phenols is 1. The lowest BCUT2D eigenvalue weighted by molar-refractivity contribution is -0.946. The summed E-state index contributed by atoms with van der Waals surface area (Å²) in [5.74, 6) is -1.07. The van der Waals surface area contributed by atoms with Crippen LogP contribution in [0, 0.1) is 46.5 Å². The molecule has 88 heavy (non-hydrogen) atoms. The highest BCUT2D eigenvalue weighted by Gasteiger charge is 2.49. The molecule has 6 fully saturated rings. The molecule has 6 aromatic rings. The molecule has 1 N–H and O–H groups in total. The Hall–Kier alpha value is -6.54. The number of furan rings is 2. The maximum Gasteiger partial charge on any atom is 0.430 e. The van der Waals surface area contributed by atoms with Gasteiger partial charge in [0.05, 0.1) is 72.1 Å². The number of alkyl halides is 6. The zero-order valence-electron chi connectivity index (χ0n) is 49.8. The van der Waals surface area contributed by atoms with Gasteiger partial charge >= 0.3 is 24.5 Å². The van der Waals surface area contributed by atoms with Crippen LogP contribution in [-0.2, 0) is 51.7 Å². The van der Waals surface area contributed by atoms with E-state index in [9.17, 15) is 41.0 Å². The van der Waals surface area contributed by atoms with Crippen molar-refractivity contribution in [1.82, 2.24) is 9.80 Å². The van der Waals surface area contributed by atoms with Crippen molar-refractivity contribution in [2.45, 2.75) is 130 Å². The van der Waals surface area contributed by atoms with Gasteiger partial charge in [-0.25, -0.2) is 9.59 Å². The summed E-state index contributed by atoms with van der Waals surface area (Å²) in [4.78, 5) is 52.0. The van der Waals surface area contributed by atoms with Crippen molar-refractivity contribution in [2.75, 3.05) is 59.0 Å². The maximum absolute atomic E-state index is 13.6. The van der Waals surface area contributed by atoms with Gasteiger partial charge in [-0.2, -0.15) is 26.3 Å². The third-order valence-electron chi connectivity index (χ3n) is 16.6. The van der Waals surface area contributed by atoms with Gasteiger partial charge in [0, 0.05) is 75.5 Å². The van der Waals surface area contributed by atoms with Gasteiger partial charge in [0.2, 0.25) is 0 Å². The number of hydrogen-bond acceptors (Lipinski definition) is 14. The Bertz CT molecular complexity index is 3180. The number of amides is 2. The molecule has 4 aromatic heterocycles. The average molecular weight is 1340 g/mol. The number of nitrogens with zero attached hydrogens (tertiary/aromatic N) is 4. The number of carboxylic acid groups (broad SMARTS) is 2. The second kappa shape index (κ2) is 30.8. The molecule has 2 amide bonds. The number of carboxylic acids is 2. The van der Waals surface area contributed by atoms with Crippen LogP contribution in [0.3, 0.4) is 0 Å². The summed E-state index contributed by atoms with van der Waals surface area (Å²) in [6, 6.07) is 27.8. The number of thiophene rings is 2. The van der Waals surface area contributed by atoms with Gasteiger partial charge in [-0.05, 0) is 122 Å². The van der Waals surface area contributed by atoms with Crippen LogP contribution in [0.25, 0.3) is 0 Å². The number of carbonyl (C=O) groups excluding carboxylic acids is 4. The Morgan fingerprint density at radius 2 is 1.23 bits per heavy atom. The number of quaternary nitrogens is 2. The first-order valence-corrected chi connectivity index (χ1v) is 31.6. The summed E-state index contributed by atoms with van der Waals surface area (Å²) in [5.41, 5.74) is 3.73. The molecule has 2 atom stereocenters. The number of aliphatic carboxylic acids is 2. The van der Waals surface area contributed by atoms with E-state index >= 15 is 0 Å². The van der Waals surface area contributed by atoms with E-state index in [0.717, 1.165) is 100 Å². The molecule has 0 spiro atoms. The predicted octanol–water partition coefficient (Wildman–Crippen LogP) is 11.9. The molecular weight excluding hydrogens is 1260 g/mol. The second-order valence-electron chi connectivity index (χ2n) is 23.1. The SMILES string of the molecule is Cc1ccc(CN(Cc2cc(C)c(C)o2)C(=O)O[C@H]2C[N+]3(CCCOc4cccc(O)c4)CCC2CC3)o1.Cc1ccsc1CN(Cc1cc(Br)c(C)s1)C(=O)O[C@H]1C[N+]2(CCCc3ccccc3)CCC1CC2.O=C([O-])C(F)(F)F.O=C([O-])C(F)(F)F. The van der Waals surface area contributed by atoms with E-state index in [-0.39, 0.29) is 30.1 Å². The van der Waals surface area contributed by atoms with Gasteiger partial charge in [-0.3, -0.25) is 9.80 Å². The van der Waals surface area contributed by atoms with Crippen molar-refractivity contribution in [3.05, 3.63) is 149 Å². The summed E-state index contributed by atoms with van der Waals surface area (Å²) in [7, 11) is 0. The van der Waals surface area contributed by atoms with Crippen LogP contribution in [0.4, 0.5) is 35.9 Å². The van der Waals surface area contributed by atoms with Crippen molar-refractivity contribution in [1.29, 1.82) is 0 Å². The molecule has 0 saturated carbocycles. The fourth-order valence-electron chi connectivity index (χ4n) is 11.7. The van der Waals surface area contributed by atoms with Crippen LogP contribution in [0.1, 0.15) is 92.9 Å². The maximum atomic E-state index is 13.6. The Morgan fingerprint density at radius 3 is 1.70 bits per heavy atom. The first-order valence-electron chi connectivity index (χ1n) is 29.1. The molecule has 12 rings (SSSR count). The third-order valence-corrected chi connectivity index (χ3v) is 19.8. The molecule has 2 aromatic carbocycles. The number of hydrogen-bond donors (Lipinski definition) is 1. The van der Waals surface area contributed by atoms with Gasteiger partial charge in [0.15, 0.2) is 12.2 Å². The Morgan fingerprint density at radius 1 is 0.670 bits per heavy atom. The molecule has 6 saturated heterocycles. The predicted molar refractivity (Wildman–Crippen MR) is 316 cm³/mol. The number of rotatable bonds is 19. The summed E-state index contributed by atoms with van der Waals surface area (Å²) >= 11 is 7.10. The molecule has 16 nitrogen and oxygen atoms in total. The first-order chi connectivity index (χ1) is 41.6. The molecule has 0 aliphatic carbocycles. The number of piperidine rings is 6. The van der Waals surface area contributed by atoms with Crippen LogP contribution < -0.4 is 14.9 Å². The minimum atomic E-state index is -5.19. The Labute approximate surface area is 524 Å². The zero-order valence-corrected chi connectivity index (χ0v) is 53.0. The third kappa shape index (κ3) is 20.2. The highest BCUT2D eigenvalue weighted by molar-refractivity contribution is 9.10. The van der Waals surface area contributed by atoms with E-state index in [1.807, 2.05) is 49.9 Å². The molecule has 480 valence electrons. The lowest BCUT2D eigenvalue weighted by atomic mass is 9.83. The molecule has 4 bridgehead atoms. The minimum absolute atomic E-state index is 0.0282. The van der Waals surface area contributed by atoms with Gasteiger partial charge < -0.3 is 56.9 Å². The van der Waals surface area contributed by atoms with Crippen molar-refractivity contribution in [3.8, 4) is 11.5 Å². The number of benzene rings is 2. The monoisotopic (exact) mass is 1340 g/mol. The van der Waals surface area contributed by atoms with E-state index in [1.165, 1.54) is 64.7 Å². The lowest BCUT2D eigenvalue weighted by Crippen LogP contribution is -2.65. The normalized spacial score (nSPS) is 20.9. The van der Waals surface area contributed by atoms with Gasteiger partial charge in [-0.15, -0.1) is 22.7 Å². The number of halogens is 7. The lowest BCUT2D eigenvalue weighted by Gasteiger charge is -2.52. The van der Waals surface area contributed by atoms with E-state index < -0.39 is 24.3 Å². The van der Waals surface area contributed by atoms with Crippen molar-refractivity contribution < 1.29 is 92.9 Å². The molecule has 0 unspecified atom stereocenters. The topological polar surface area (TPSA) is 195 Å². The zero-order chi connectivity index (χ0) is 64.0. The van der Waals surface area contributed by atoms with Crippen molar-refractivity contribution in [3.63, 3.8) is 0 Å². The number of fused-ring (bicyclic) bond motifs is 6. The summed E-state index contributed by atoms with van der Waals surface area (Å²) in [6.45, 7) is 21.2. The number of carbonyl (C=O) groups is 4. The summed E-state index contributed by atoms with van der Waals surface area (Å²) in [6.07, 6.45) is -3.25. The highest BCUT2D eigenvalue weighted by Crippen LogP contribution is 2.39. The van der Waals surface area contributed by atoms with Gasteiger partial charge in [-0.1, -0.05) is 36.4 Å². The van der Waals surface area contributed by atoms with Crippen molar-refractivity contribution >= 4 is 62.7 Å². The van der Waals surface area contributed by atoms with Gasteiger partial charge in [0.25, 0.3) is 0 Å². The quantitative estimate of drug-likeness (QED) is 0.0459. The molecule has 25 heteroatoms. The minimum Gasteiger partial charge on any atom is -0.542 e. The number of aromatic hydroxyl groups is 1. The van der Waals surface area contributed by atoms with Crippen LogP contribution >= 0.6 is 38.6 Å². The number of ether oxygens (including phenoxy) is 3. The smallest absolute Gasteiger partial charge is 0.430 e. The number of aryl methyl sites for hydroxylation is 6. The van der Waals surface area contributed by atoms with Crippen LogP contribution in [0.5, 0.6) is 11.5 Å². The van der Waals surface area contributed by atoms with Crippen molar-refractivity contribution in [2.24, 2.45) is 11.8 Å². The largest absolute Gasteiger partial charge is 0.542 e. The molecule has 6 aliphatic rings. The number of phenolic OH excluding ortho intramolecular Hbond substituents is 1. The Balaban J connectivity index is 0.000000206. The van der Waals surface area contributed by atoms with Crippen LogP contribution in [0.15, 0.2) is 104 Å². The summed E-state index contributed by atoms with van der Waals surface area (Å²) in [5, 5.41) is 29.3. The second-order valence-corrected chi connectivity index (χ2v) is 26.3. The van der Waals surface area contributed by atoms with E-state index in [1.54, 1.807) is 45.8 Å². The fourth-order valence-corrected chi connectivity index (χ4v) is 14.3. The first kappa shape index (κ1) is 68.9. The molecule has 10 heterocycles. The average Bonchev–Trinajstić information content (AvgIpc) is 3.27. The molecule has 0 radical (unpaired) electrons. The van der Waals surface area contributed by atoms with E-state index in [4.69, 9.17) is 42.8 Å². The van der Waals surface area contributed by atoms with E-state index in [2.05, 4.69) is 77.6 Å². The molecule has 6 aliphatic heterocycles. The molecular formula is C63H75BrF6N4O12S2. The van der Waals surface area contributed by atoms with Gasteiger partial charge in [0.1, 0.15) is 59.6 Å². The van der Waals surface area contributed by atoms with Crippen LogP contribution in [-0.4, -0.2) is 132 Å². The van der Waals surface area contributed by atoms with E-state index in [0.29, 0.717) is 50.4 Å².